The Hall–Kier alpha value is -0.940. The van der Waals surface area contributed by atoms with Gasteiger partial charge in [-0.3, -0.25) is 4.68 Å². The van der Waals surface area contributed by atoms with Crippen LogP contribution in [0.25, 0.3) is 0 Å². The van der Waals surface area contributed by atoms with E-state index in [1.54, 1.807) is 25.0 Å². The highest BCUT2D eigenvalue weighted by Crippen LogP contribution is 2.15. The molecular weight excluding hydrogens is 182 g/mol. The molecule has 0 aliphatic rings. The van der Waals surface area contributed by atoms with Crippen molar-refractivity contribution >= 4 is 0 Å². The smallest absolute Gasteiger partial charge is 0.0933 e. The van der Waals surface area contributed by atoms with Gasteiger partial charge in [-0.1, -0.05) is 12.1 Å². The first-order chi connectivity index (χ1) is 6.59. The summed E-state index contributed by atoms with van der Waals surface area (Å²) < 4.78 is 6.60. The predicted octanol–water partition coefficient (Wildman–Crippen LogP) is 0.145. The van der Waals surface area contributed by atoms with Crippen molar-refractivity contribution in [2.75, 3.05) is 13.7 Å². The van der Waals surface area contributed by atoms with E-state index < -0.39 is 5.60 Å². The Labute approximate surface area is 83.7 Å². The molecule has 1 aromatic heterocycles. The molecule has 0 saturated carbocycles. The summed E-state index contributed by atoms with van der Waals surface area (Å²) in [7, 11) is 3.38. The summed E-state index contributed by atoms with van der Waals surface area (Å²) in [5.74, 6) is 0. The van der Waals surface area contributed by atoms with E-state index in [0.29, 0.717) is 19.4 Å². The minimum atomic E-state index is -0.829. The van der Waals surface area contributed by atoms with Crippen molar-refractivity contribution in [2.24, 2.45) is 7.05 Å². The lowest BCUT2D eigenvalue weighted by Gasteiger charge is -2.24. The van der Waals surface area contributed by atoms with Crippen molar-refractivity contribution in [2.45, 2.75) is 25.4 Å². The van der Waals surface area contributed by atoms with Gasteiger partial charge in [0.05, 0.1) is 17.9 Å². The average Bonchev–Trinajstić information content (AvgIpc) is 2.51. The van der Waals surface area contributed by atoms with Gasteiger partial charge in [0.2, 0.25) is 0 Å². The molecule has 0 spiro atoms. The third-order valence-electron chi connectivity index (χ3n) is 2.23. The van der Waals surface area contributed by atoms with Crippen LogP contribution in [0.4, 0.5) is 0 Å². The zero-order valence-electron chi connectivity index (χ0n) is 8.90. The molecule has 0 fully saturated rings. The fourth-order valence-corrected chi connectivity index (χ4v) is 1.36. The third-order valence-corrected chi connectivity index (χ3v) is 2.23. The maximum atomic E-state index is 10.1. The predicted molar refractivity (Wildman–Crippen MR) is 51.8 cm³/mol. The highest BCUT2D eigenvalue weighted by atomic mass is 16.5. The van der Waals surface area contributed by atoms with E-state index in [9.17, 15) is 5.11 Å². The molecule has 1 N–H and O–H groups in total. The lowest BCUT2D eigenvalue weighted by Crippen LogP contribution is -2.36. The number of aryl methyl sites for hydroxylation is 1. The topological polar surface area (TPSA) is 60.2 Å². The average molecular weight is 199 g/mol. The SMILES string of the molecule is CCC(O)(COC)Cc1cn(C)nn1. The first kappa shape index (κ1) is 11.1. The molecule has 0 aromatic carbocycles. The second-order valence-corrected chi connectivity index (χ2v) is 3.57. The lowest BCUT2D eigenvalue weighted by atomic mass is 9.96. The number of aliphatic hydroxyl groups is 1. The fraction of sp³-hybridized carbons (Fsp3) is 0.778. The van der Waals surface area contributed by atoms with E-state index in [2.05, 4.69) is 10.3 Å². The molecule has 14 heavy (non-hydrogen) atoms. The van der Waals surface area contributed by atoms with Crippen LogP contribution in [0.15, 0.2) is 6.20 Å². The molecule has 5 nitrogen and oxygen atoms in total. The Morgan fingerprint density at radius 2 is 2.36 bits per heavy atom. The standard InChI is InChI=1S/C9H17N3O2/c1-4-9(13,7-14-3)5-8-6-12(2)11-10-8/h6,13H,4-5,7H2,1-3H3. The van der Waals surface area contributed by atoms with Gasteiger partial charge in [-0.05, 0) is 6.42 Å². The highest BCUT2D eigenvalue weighted by Gasteiger charge is 2.26. The molecule has 1 aromatic rings. The second kappa shape index (κ2) is 4.52. The minimum Gasteiger partial charge on any atom is -0.387 e. The molecule has 0 aliphatic carbocycles. The first-order valence-corrected chi connectivity index (χ1v) is 4.66. The molecule has 0 amide bonds. The maximum Gasteiger partial charge on any atom is 0.0933 e. The molecular formula is C9H17N3O2. The molecule has 0 aliphatic heterocycles. The zero-order chi connectivity index (χ0) is 10.6. The van der Waals surface area contributed by atoms with Gasteiger partial charge in [-0.2, -0.15) is 0 Å². The summed E-state index contributed by atoms with van der Waals surface area (Å²) in [5, 5.41) is 17.8. The third kappa shape index (κ3) is 2.78. The molecule has 80 valence electrons. The van der Waals surface area contributed by atoms with Crippen LogP contribution in [-0.4, -0.2) is 39.4 Å². The molecule has 0 radical (unpaired) electrons. The van der Waals surface area contributed by atoms with Crippen LogP contribution in [0.5, 0.6) is 0 Å². The Bertz CT molecular complexity index is 287. The van der Waals surface area contributed by atoms with Crippen LogP contribution in [0.3, 0.4) is 0 Å². The minimum absolute atomic E-state index is 0.320. The summed E-state index contributed by atoms with van der Waals surface area (Å²) >= 11 is 0. The summed E-state index contributed by atoms with van der Waals surface area (Å²) in [6.45, 7) is 2.25. The number of ether oxygens (including phenoxy) is 1. The Balaban J connectivity index is 2.64. The van der Waals surface area contributed by atoms with Gasteiger partial charge in [0, 0.05) is 26.8 Å². The highest BCUT2D eigenvalue weighted by molar-refractivity contribution is 4.99. The molecule has 5 heteroatoms. The summed E-state index contributed by atoms with van der Waals surface area (Å²) in [6, 6.07) is 0. The van der Waals surface area contributed by atoms with Gasteiger partial charge in [0.1, 0.15) is 0 Å². The quantitative estimate of drug-likeness (QED) is 0.733. The van der Waals surface area contributed by atoms with Crippen LogP contribution >= 0.6 is 0 Å². The van der Waals surface area contributed by atoms with Crippen molar-refractivity contribution < 1.29 is 9.84 Å². The van der Waals surface area contributed by atoms with E-state index in [1.807, 2.05) is 6.92 Å². The lowest BCUT2D eigenvalue weighted by molar-refractivity contribution is -0.0339. The largest absolute Gasteiger partial charge is 0.387 e. The van der Waals surface area contributed by atoms with E-state index in [4.69, 9.17) is 4.74 Å². The normalized spacial score (nSPS) is 15.4. The Kier molecular flexibility index (Phi) is 3.60. The van der Waals surface area contributed by atoms with Crippen molar-refractivity contribution in [1.29, 1.82) is 0 Å². The van der Waals surface area contributed by atoms with E-state index in [0.717, 1.165) is 5.69 Å². The van der Waals surface area contributed by atoms with E-state index in [1.165, 1.54) is 0 Å². The van der Waals surface area contributed by atoms with Crippen LogP contribution in [0.1, 0.15) is 19.0 Å². The molecule has 1 atom stereocenters. The van der Waals surface area contributed by atoms with Crippen LogP contribution in [0, 0.1) is 0 Å². The van der Waals surface area contributed by atoms with Gasteiger partial charge in [0.25, 0.3) is 0 Å². The second-order valence-electron chi connectivity index (χ2n) is 3.57. The molecule has 0 bridgehead atoms. The Morgan fingerprint density at radius 3 is 2.79 bits per heavy atom. The van der Waals surface area contributed by atoms with Crippen molar-refractivity contribution in [3.05, 3.63) is 11.9 Å². The maximum absolute atomic E-state index is 10.1. The number of nitrogens with zero attached hydrogens (tertiary/aromatic N) is 3. The number of rotatable bonds is 5. The van der Waals surface area contributed by atoms with Crippen molar-refractivity contribution in [3.63, 3.8) is 0 Å². The number of methoxy groups -OCH3 is 1. The van der Waals surface area contributed by atoms with Gasteiger partial charge < -0.3 is 9.84 Å². The van der Waals surface area contributed by atoms with Crippen LogP contribution in [-0.2, 0) is 18.2 Å². The number of hydrogen-bond donors (Lipinski definition) is 1. The van der Waals surface area contributed by atoms with E-state index >= 15 is 0 Å². The fourth-order valence-electron chi connectivity index (χ4n) is 1.36. The molecule has 1 heterocycles. The molecule has 1 rings (SSSR count). The zero-order valence-corrected chi connectivity index (χ0v) is 8.90. The monoisotopic (exact) mass is 199 g/mol. The number of aromatic nitrogens is 3. The molecule has 1 unspecified atom stereocenters. The van der Waals surface area contributed by atoms with Crippen LogP contribution in [0.2, 0.25) is 0 Å². The van der Waals surface area contributed by atoms with Gasteiger partial charge in [-0.25, -0.2) is 0 Å². The first-order valence-electron chi connectivity index (χ1n) is 4.66. The van der Waals surface area contributed by atoms with Crippen LogP contribution < -0.4 is 0 Å². The van der Waals surface area contributed by atoms with Gasteiger partial charge in [0.15, 0.2) is 0 Å². The van der Waals surface area contributed by atoms with Crippen molar-refractivity contribution in [3.8, 4) is 0 Å². The van der Waals surface area contributed by atoms with E-state index in [-0.39, 0.29) is 0 Å². The summed E-state index contributed by atoms with van der Waals surface area (Å²) in [5.41, 5.74) is -0.0426. The molecule has 0 saturated heterocycles. The summed E-state index contributed by atoms with van der Waals surface area (Å²) in [6.07, 6.45) is 2.92. The summed E-state index contributed by atoms with van der Waals surface area (Å²) in [4.78, 5) is 0. The van der Waals surface area contributed by atoms with Crippen molar-refractivity contribution in [1.82, 2.24) is 15.0 Å². The van der Waals surface area contributed by atoms with Gasteiger partial charge in [-0.15, -0.1) is 5.10 Å². The van der Waals surface area contributed by atoms with Gasteiger partial charge >= 0.3 is 0 Å². The Morgan fingerprint density at radius 1 is 1.64 bits per heavy atom. The number of hydrogen-bond acceptors (Lipinski definition) is 4.